The number of aliphatic hydroxyl groups is 3. The van der Waals surface area contributed by atoms with Crippen molar-refractivity contribution in [1.82, 2.24) is 0 Å². The molecule has 27 heavy (non-hydrogen) atoms. The maximum Gasteiger partial charge on any atom is 0.302 e. The highest BCUT2D eigenvalue weighted by Gasteiger charge is 2.54. The van der Waals surface area contributed by atoms with Gasteiger partial charge in [-0.15, -0.1) is 11.8 Å². The van der Waals surface area contributed by atoms with E-state index in [0.717, 1.165) is 24.9 Å². The van der Waals surface area contributed by atoms with Gasteiger partial charge in [0.1, 0.15) is 0 Å². The first-order chi connectivity index (χ1) is 12.0. The van der Waals surface area contributed by atoms with Gasteiger partial charge in [-0.25, -0.2) is 17.6 Å². The fraction of sp³-hybridized carbons (Fsp3) is 1.00. The van der Waals surface area contributed by atoms with Gasteiger partial charge >= 0.3 is 5.92 Å². The van der Waals surface area contributed by atoms with Crippen LogP contribution in [0.25, 0.3) is 0 Å². The molecule has 0 saturated carbocycles. The van der Waals surface area contributed by atoms with E-state index in [-0.39, 0.29) is 11.7 Å². The van der Waals surface area contributed by atoms with Crippen LogP contribution in [0, 0.1) is 11.8 Å². The molecule has 0 aromatic heterocycles. The Kier molecular flexibility index (Phi) is 10.0. The van der Waals surface area contributed by atoms with Crippen LogP contribution < -0.4 is 0 Å². The zero-order chi connectivity index (χ0) is 21.8. The van der Waals surface area contributed by atoms with Crippen LogP contribution in [0.4, 0.5) is 17.6 Å². The quantitative estimate of drug-likeness (QED) is 0.315. The van der Waals surface area contributed by atoms with Crippen LogP contribution in [0.3, 0.4) is 0 Å². The number of hydrogen-bond donors (Lipinski definition) is 3. The van der Waals surface area contributed by atoms with E-state index in [0.29, 0.717) is 6.42 Å². The standard InChI is InChI=1S/C8H16F2O5S.C7H12F2OS/c1-4-6(15-16(3,13)14)5(2)8(9,10)7(11)12;1-3-5-4(2)7(8,9)6(10)11-5/h5-7,11-12H,4H2,1-3H3;4-6,10H,3H2,1-2H3/t5-,6-;4-,5+,6?/m11/s1. The zero-order valence-electron chi connectivity index (χ0n) is 15.8. The lowest BCUT2D eigenvalue weighted by atomic mass is 9.95. The Bertz CT molecular complexity index is 559. The Morgan fingerprint density at radius 3 is 1.96 bits per heavy atom. The average Bonchev–Trinajstić information content (AvgIpc) is 2.74. The van der Waals surface area contributed by atoms with E-state index in [1.54, 1.807) is 0 Å². The largest absolute Gasteiger partial charge is 0.376 e. The van der Waals surface area contributed by atoms with E-state index < -0.39 is 51.6 Å². The third kappa shape index (κ3) is 7.32. The fourth-order valence-corrected chi connectivity index (χ4v) is 4.60. The second-order valence-corrected chi connectivity index (χ2v) is 9.41. The summed E-state index contributed by atoms with van der Waals surface area (Å²) in [5.74, 6) is -9.06. The Morgan fingerprint density at radius 1 is 1.26 bits per heavy atom. The van der Waals surface area contributed by atoms with Crippen molar-refractivity contribution in [3.63, 3.8) is 0 Å². The second kappa shape index (κ2) is 10.1. The van der Waals surface area contributed by atoms with Gasteiger partial charge in [0, 0.05) is 11.2 Å². The summed E-state index contributed by atoms with van der Waals surface area (Å²) in [5, 5.41) is 25.8. The lowest BCUT2D eigenvalue weighted by Gasteiger charge is -2.30. The first-order valence-corrected chi connectivity index (χ1v) is 11.1. The summed E-state index contributed by atoms with van der Waals surface area (Å²) in [7, 11) is -3.86. The van der Waals surface area contributed by atoms with Crippen LogP contribution in [0.1, 0.15) is 40.5 Å². The minimum atomic E-state index is -3.86. The van der Waals surface area contributed by atoms with Gasteiger partial charge < -0.3 is 15.3 Å². The van der Waals surface area contributed by atoms with Crippen molar-refractivity contribution in [3.8, 4) is 0 Å². The molecular weight excluding hydrogens is 416 g/mol. The summed E-state index contributed by atoms with van der Waals surface area (Å²) >= 11 is 0.986. The summed E-state index contributed by atoms with van der Waals surface area (Å²) < 4.78 is 78.2. The molecule has 1 aliphatic heterocycles. The zero-order valence-corrected chi connectivity index (χ0v) is 17.4. The van der Waals surface area contributed by atoms with Crippen molar-refractivity contribution in [1.29, 1.82) is 0 Å². The SMILES string of the molecule is CC[C@@H](OS(C)(=O)=O)[C@@H](C)C(F)(F)C(O)O.CC[C@@H]1SC(O)C(F)(F)[C@@H]1C. The van der Waals surface area contributed by atoms with Crippen molar-refractivity contribution < 1.29 is 45.5 Å². The number of rotatable bonds is 7. The fourth-order valence-electron chi connectivity index (χ4n) is 2.51. The van der Waals surface area contributed by atoms with Crippen molar-refractivity contribution in [2.45, 2.75) is 75.5 Å². The minimum Gasteiger partial charge on any atom is -0.376 e. The minimum absolute atomic E-state index is 0.0105. The van der Waals surface area contributed by atoms with Crippen molar-refractivity contribution in [2.75, 3.05) is 6.26 Å². The van der Waals surface area contributed by atoms with Gasteiger partial charge in [-0.2, -0.15) is 8.42 Å². The molecule has 5 atom stereocenters. The summed E-state index contributed by atoms with van der Waals surface area (Å²) in [6.45, 7) is 5.82. The lowest BCUT2D eigenvalue weighted by Crippen LogP contribution is -2.45. The van der Waals surface area contributed by atoms with E-state index in [9.17, 15) is 26.0 Å². The molecule has 0 aromatic rings. The Balaban J connectivity index is 0.000000533. The Morgan fingerprint density at radius 2 is 1.74 bits per heavy atom. The normalized spacial score (nSPS) is 27.8. The van der Waals surface area contributed by atoms with Gasteiger partial charge in [0.2, 0.25) is 6.29 Å². The molecule has 1 rings (SSSR count). The number of hydrogen-bond acceptors (Lipinski definition) is 7. The van der Waals surface area contributed by atoms with E-state index in [1.807, 2.05) is 6.92 Å². The molecule has 0 aliphatic carbocycles. The third-order valence-corrected chi connectivity index (χ3v) is 6.67. The van der Waals surface area contributed by atoms with Crippen LogP contribution >= 0.6 is 11.8 Å². The summed E-state index contributed by atoms with van der Waals surface area (Å²) in [6.07, 6.45) is -2.70. The second-order valence-electron chi connectivity index (χ2n) is 6.48. The molecule has 0 radical (unpaired) electrons. The Labute approximate surface area is 161 Å². The van der Waals surface area contributed by atoms with E-state index in [2.05, 4.69) is 4.18 Å². The van der Waals surface area contributed by atoms with Gasteiger partial charge in [0.25, 0.3) is 16.0 Å². The van der Waals surface area contributed by atoms with Gasteiger partial charge in [0.05, 0.1) is 18.3 Å². The monoisotopic (exact) mass is 444 g/mol. The van der Waals surface area contributed by atoms with Crippen LogP contribution in [-0.4, -0.2) is 64.9 Å². The molecule has 1 unspecified atom stereocenters. The lowest BCUT2D eigenvalue weighted by molar-refractivity contribution is -0.241. The summed E-state index contributed by atoms with van der Waals surface area (Å²) in [6, 6.07) is 0. The van der Waals surface area contributed by atoms with E-state index >= 15 is 0 Å². The molecule has 12 heteroatoms. The molecule has 0 bridgehead atoms. The van der Waals surface area contributed by atoms with Crippen molar-refractivity contribution >= 4 is 21.9 Å². The van der Waals surface area contributed by atoms with Crippen LogP contribution in [0.15, 0.2) is 0 Å². The van der Waals surface area contributed by atoms with Gasteiger partial charge in [-0.05, 0) is 12.8 Å². The van der Waals surface area contributed by atoms with Gasteiger partial charge in [-0.1, -0.05) is 27.7 Å². The summed E-state index contributed by atoms with van der Waals surface area (Å²) in [5.41, 5.74) is -1.50. The van der Waals surface area contributed by atoms with Crippen LogP contribution in [-0.2, 0) is 14.3 Å². The molecule has 0 amide bonds. The number of halogens is 4. The number of thioether (sulfide) groups is 1. The topological polar surface area (TPSA) is 104 Å². The van der Waals surface area contributed by atoms with Gasteiger partial charge in [-0.3, -0.25) is 4.18 Å². The molecule has 0 spiro atoms. The molecular formula is C15H28F4O6S2. The molecule has 3 N–H and O–H groups in total. The van der Waals surface area contributed by atoms with Crippen molar-refractivity contribution in [2.24, 2.45) is 11.8 Å². The smallest absolute Gasteiger partial charge is 0.302 e. The third-order valence-electron chi connectivity index (χ3n) is 4.41. The molecule has 1 fully saturated rings. The molecule has 6 nitrogen and oxygen atoms in total. The average molecular weight is 445 g/mol. The predicted octanol–water partition coefficient (Wildman–Crippen LogP) is 2.42. The number of alkyl halides is 4. The van der Waals surface area contributed by atoms with Crippen LogP contribution in [0.2, 0.25) is 0 Å². The Hall–Kier alpha value is -0.140. The van der Waals surface area contributed by atoms with Crippen molar-refractivity contribution in [3.05, 3.63) is 0 Å². The first-order valence-electron chi connectivity index (χ1n) is 8.35. The number of aliphatic hydroxyl groups excluding tert-OH is 2. The van der Waals surface area contributed by atoms with E-state index in [4.69, 9.17) is 15.3 Å². The first kappa shape index (κ1) is 26.9. The maximum absolute atomic E-state index is 13.2. The molecule has 1 saturated heterocycles. The van der Waals surface area contributed by atoms with Gasteiger partial charge in [0.15, 0.2) is 5.44 Å². The van der Waals surface area contributed by atoms with Crippen LogP contribution in [0.5, 0.6) is 0 Å². The highest BCUT2D eigenvalue weighted by Crippen LogP contribution is 2.49. The molecule has 0 aromatic carbocycles. The van der Waals surface area contributed by atoms with E-state index in [1.165, 1.54) is 13.8 Å². The molecule has 1 heterocycles. The predicted molar refractivity (Wildman–Crippen MR) is 94.1 cm³/mol. The molecule has 1 aliphatic rings. The highest BCUT2D eigenvalue weighted by molar-refractivity contribution is 8.00. The summed E-state index contributed by atoms with van der Waals surface area (Å²) in [4.78, 5) is 0. The maximum atomic E-state index is 13.2. The highest BCUT2D eigenvalue weighted by atomic mass is 32.2. The molecule has 164 valence electrons.